The predicted molar refractivity (Wildman–Crippen MR) is 65.1 cm³/mol. The number of hydrogen-bond donors (Lipinski definition) is 3. The van der Waals surface area contributed by atoms with Crippen LogP contribution in [0.25, 0.3) is 0 Å². The summed E-state index contributed by atoms with van der Waals surface area (Å²) in [6.45, 7) is 5.64. The molecular weight excluding hydrogens is 244 g/mol. The Balaban J connectivity index is 2.86. The predicted octanol–water partition coefficient (Wildman–Crippen LogP) is -0.739. The van der Waals surface area contributed by atoms with E-state index in [1.807, 2.05) is 20.8 Å². The summed E-state index contributed by atoms with van der Waals surface area (Å²) in [5.74, 6) is 0.150. The van der Waals surface area contributed by atoms with Crippen molar-refractivity contribution in [3.05, 3.63) is 0 Å². The summed E-state index contributed by atoms with van der Waals surface area (Å²) < 4.78 is 16.8. The molecule has 0 aromatic carbocycles. The zero-order chi connectivity index (χ0) is 13.4. The Labute approximate surface area is 104 Å². The highest BCUT2D eigenvalue weighted by Crippen LogP contribution is 2.33. The van der Waals surface area contributed by atoms with E-state index in [9.17, 15) is 19.5 Å². The van der Waals surface area contributed by atoms with Crippen molar-refractivity contribution in [2.75, 3.05) is 12.0 Å². The van der Waals surface area contributed by atoms with Gasteiger partial charge in [0.25, 0.3) is 0 Å². The quantitative estimate of drug-likeness (QED) is 0.613. The topological polar surface area (TPSA) is 87.0 Å². The fourth-order valence-electron chi connectivity index (χ4n) is 2.04. The lowest BCUT2D eigenvalue weighted by atomic mass is 9.80. The van der Waals surface area contributed by atoms with E-state index >= 15 is 0 Å². The SMILES string of the molecule is CS(=O)C[C@H]1O[C@H](C(C)(C)C)[C@H](O)[C@@H](O)[C@@H]1O. The molecule has 1 rings (SSSR count). The van der Waals surface area contributed by atoms with E-state index in [4.69, 9.17) is 4.74 Å². The molecule has 5 nitrogen and oxygen atoms in total. The maximum Gasteiger partial charge on any atom is 0.111 e. The first-order chi connectivity index (χ1) is 7.64. The van der Waals surface area contributed by atoms with E-state index in [1.165, 1.54) is 6.26 Å². The highest BCUT2D eigenvalue weighted by molar-refractivity contribution is 7.84. The van der Waals surface area contributed by atoms with Gasteiger partial charge in [-0.05, 0) is 5.41 Å². The van der Waals surface area contributed by atoms with Crippen molar-refractivity contribution in [3.8, 4) is 0 Å². The standard InChI is InChI=1S/C11H22O5S/c1-11(2,3)10-9(14)8(13)7(12)6(16-10)5-17(4)15/h6-10,12-14H,5H2,1-4H3/t6-,7-,8+,9-,10+,17?/m1/s1. The van der Waals surface area contributed by atoms with Crippen molar-refractivity contribution in [3.63, 3.8) is 0 Å². The minimum atomic E-state index is -1.26. The van der Waals surface area contributed by atoms with Crippen molar-refractivity contribution in [1.29, 1.82) is 0 Å². The van der Waals surface area contributed by atoms with Gasteiger partial charge < -0.3 is 20.1 Å². The summed E-state index contributed by atoms with van der Waals surface area (Å²) in [4.78, 5) is 0. The van der Waals surface area contributed by atoms with Crippen molar-refractivity contribution in [2.45, 2.75) is 51.3 Å². The Morgan fingerprint density at radius 2 is 1.65 bits per heavy atom. The summed E-state index contributed by atoms with van der Waals surface area (Å²) in [7, 11) is -1.13. The molecule has 1 unspecified atom stereocenters. The van der Waals surface area contributed by atoms with Gasteiger partial charge in [0.05, 0.1) is 18.0 Å². The van der Waals surface area contributed by atoms with Crippen LogP contribution < -0.4 is 0 Å². The van der Waals surface area contributed by atoms with Gasteiger partial charge in [-0.3, -0.25) is 4.21 Å². The number of rotatable bonds is 2. The van der Waals surface area contributed by atoms with Crippen molar-refractivity contribution < 1.29 is 24.3 Å². The lowest BCUT2D eigenvalue weighted by molar-refractivity contribution is -0.238. The summed E-state index contributed by atoms with van der Waals surface area (Å²) in [5.41, 5.74) is -0.367. The Morgan fingerprint density at radius 1 is 1.12 bits per heavy atom. The van der Waals surface area contributed by atoms with E-state index in [0.29, 0.717) is 0 Å². The van der Waals surface area contributed by atoms with Crippen molar-refractivity contribution in [1.82, 2.24) is 0 Å². The highest BCUT2D eigenvalue weighted by atomic mass is 32.2. The van der Waals surface area contributed by atoms with Gasteiger partial charge in [-0.1, -0.05) is 20.8 Å². The Morgan fingerprint density at radius 3 is 2.06 bits per heavy atom. The second-order valence-electron chi connectivity index (χ2n) is 5.67. The van der Waals surface area contributed by atoms with Crippen molar-refractivity contribution >= 4 is 10.8 Å². The molecule has 0 aliphatic carbocycles. The molecule has 0 amide bonds. The molecule has 0 saturated carbocycles. The van der Waals surface area contributed by atoms with Crippen LogP contribution in [0.4, 0.5) is 0 Å². The first-order valence-electron chi connectivity index (χ1n) is 5.64. The van der Waals surface area contributed by atoms with Gasteiger partial charge in [0, 0.05) is 17.1 Å². The molecule has 6 heteroatoms. The van der Waals surface area contributed by atoms with Crippen LogP contribution in [0, 0.1) is 5.41 Å². The van der Waals surface area contributed by atoms with E-state index in [2.05, 4.69) is 0 Å². The molecule has 17 heavy (non-hydrogen) atoms. The smallest absolute Gasteiger partial charge is 0.111 e. The largest absolute Gasteiger partial charge is 0.388 e. The molecule has 0 bridgehead atoms. The second-order valence-corrected chi connectivity index (χ2v) is 7.15. The molecule has 1 saturated heterocycles. The number of hydrogen-bond acceptors (Lipinski definition) is 5. The van der Waals surface area contributed by atoms with E-state index < -0.39 is 41.3 Å². The molecule has 3 N–H and O–H groups in total. The Kier molecular flexibility index (Phi) is 4.71. The molecule has 0 aromatic rings. The summed E-state index contributed by atoms with van der Waals surface area (Å²) in [6, 6.07) is 0. The molecule has 102 valence electrons. The normalized spacial score (nSPS) is 41.2. The van der Waals surface area contributed by atoms with E-state index in [-0.39, 0.29) is 11.2 Å². The van der Waals surface area contributed by atoms with Crippen LogP contribution in [0.2, 0.25) is 0 Å². The number of aliphatic hydroxyl groups is 3. The second kappa shape index (κ2) is 5.32. The number of ether oxygens (including phenoxy) is 1. The van der Waals surface area contributed by atoms with Crippen LogP contribution >= 0.6 is 0 Å². The molecule has 1 fully saturated rings. The summed E-state index contributed by atoms with van der Waals surface area (Å²) in [5, 5.41) is 29.4. The zero-order valence-electron chi connectivity index (χ0n) is 10.7. The van der Waals surface area contributed by atoms with Crippen LogP contribution in [0.1, 0.15) is 20.8 Å². The van der Waals surface area contributed by atoms with Crippen LogP contribution in [0.5, 0.6) is 0 Å². The van der Waals surface area contributed by atoms with Gasteiger partial charge in [-0.25, -0.2) is 0 Å². The van der Waals surface area contributed by atoms with Gasteiger partial charge in [-0.15, -0.1) is 0 Å². The molecule has 6 atom stereocenters. The minimum Gasteiger partial charge on any atom is -0.388 e. The van der Waals surface area contributed by atoms with Crippen LogP contribution in [0.3, 0.4) is 0 Å². The summed E-state index contributed by atoms with van der Waals surface area (Å²) >= 11 is 0. The third-order valence-electron chi connectivity index (χ3n) is 2.96. The molecule has 1 heterocycles. The van der Waals surface area contributed by atoms with Crippen molar-refractivity contribution in [2.24, 2.45) is 5.41 Å². The van der Waals surface area contributed by atoms with Gasteiger partial charge >= 0.3 is 0 Å². The van der Waals surface area contributed by atoms with Gasteiger partial charge in [0.15, 0.2) is 0 Å². The highest BCUT2D eigenvalue weighted by Gasteiger charge is 2.47. The Bertz CT molecular complexity index is 288. The fraction of sp³-hybridized carbons (Fsp3) is 1.00. The molecule has 1 aliphatic rings. The van der Waals surface area contributed by atoms with E-state index in [0.717, 1.165) is 0 Å². The molecule has 0 spiro atoms. The average Bonchev–Trinajstić information content (AvgIpc) is 2.16. The molecule has 0 radical (unpaired) electrons. The third-order valence-corrected chi connectivity index (χ3v) is 3.76. The van der Waals surface area contributed by atoms with Crippen LogP contribution in [-0.2, 0) is 15.5 Å². The molecular formula is C11H22O5S. The third kappa shape index (κ3) is 3.48. The lowest BCUT2D eigenvalue weighted by Gasteiger charge is -2.45. The maximum absolute atomic E-state index is 11.2. The van der Waals surface area contributed by atoms with Crippen LogP contribution in [0.15, 0.2) is 0 Å². The molecule has 0 aromatic heterocycles. The van der Waals surface area contributed by atoms with Gasteiger partial charge in [-0.2, -0.15) is 0 Å². The monoisotopic (exact) mass is 266 g/mol. The number of aliphatic hydroxyl groups excluding tert-OH is 3. The molecule has 1 aliphatic heterocycles. The van der Waals surface area contributed by atoms with Gasteiger partial charge in [0.2, 0.25) is 0 Å². The lowest BCUT2D eigenvalue weighted by Crippen LogP contribution is -2.61. The maximum atomic E-state index is 11.2. The fourth-order valence-corrected chi connectivity index (χ4v) is 2.77. The zero-order valence-corrected chi connectivity index (χ0v) is 11.5. The Hall–Kier alpha value is -0.0100. The van der Waals surface area contributed by atoms with Crippen LogP contribution in [-0.4, -0.2) is 62.1 Å². The van der Waals surface area contributed by atoms with E-state index in [1.54, 1.807) is 0 Å². The first kappa shape index (κ1) is 15.0. The van der Waals surface area contributed by atoms with Gasteiger partial charge in [0.1, 0.15) is 18.3 Å². The average molecular weight is 266 g/mol. The summed E-state index contributed by atoms with van der Waals surface area (Å²) in [6.07, 6.45) is -3.38. The first-order valence-corrected chi connectivity index (χ1v) is 7.37. The minimum absolute atomic E-state index is 0.150.